The van der Waals surface area contributed by atoms with Gasteiger partial charge in [-0.25, -0.2) is 4.39 Å². The Balaban J connectivity index is 2.23. The number of nitrogens with two attached hydrogens (primary N) is 1. The first kappa shape index (κ1) is 12.9. The van der Waals surface area contributed by atoms with Crippen molar-refractivity contribution < 1.29 is 9.13 Å². The van der Waals surface area contributed by atoms with Crippen LogP contribution in [0.4, 0.5) is 4.39 Å². The van der Waals surface area contributed by atoms with E-state index in [4.69, 9.17) is 22.1 Å². The van der Waals surface area contributed by atoms with E-state index >= 15 is 0 Å². The molecular weight excluding hydrogens is 253 g/mol. The lowest BCUT2D eigenvalue weighted by Gasteiger charge is -2.18. The van der Waals surface area contributed by atoms with Crippen molar-refractivity contribution in [3.05, 3.63) is 64.9 Å². The fourth-order valence-electron chi connectivity index (χ4n) is 1.65. The fourth-order valence-corrected chi connectivity index (χ4v) is 1.85. The molecule has 2 rings (SSSR count). The molecule has 0 amide bonds. The molecule has 4 heteroatoms. The number of halogens is 2. The zero-order valence-corrected chi connectivity index (χ0v) is 10.4. The fraction of sp³-hybridized carbons (Fsp3) is 0.143. The van der Waals surface area contributed by atoms with E-state index in [0.29, 0.717) is 5.02 Å². The minimum absolute atomic E-state index is 0.188. The van der Waals surface area contributed by atoms with Crippen molar-refractivity contribution >= 4 is 11.6 Å². The van der Waals surface area contributed by atoms with E-state index < -0.39 is 11.9 Å². The van der Waals surface area contributed by atoms with E-state index in [1.165, 1.54) is 6.07 Å². The number of hydrogen-bond acceptors (Lipinski definition) is 2. The van der Waals surface area contributed by atoms with Gasteiger partial charge < -0.3 is 10.5 Å². The molecule has 0 spiro atoms. The molecule has 2 N–H and O–H groups in total. The average Bonchev–Trinajstić information content (AvgIpc) is 2.38. The van der Waals surface area contributed by atoms with Gasteiger partial charge in [0.15, 0.2) is 11.6 Å². The third kappa shape index (κ3) is 3.00. The van der Waals surface area contributed by atoms with E-state index in [-0.39, 0.29) is 12.3 Å². The first-order valence-corrected chi connectivity index (χ1v) is 5.95. The lowest BCUT2D eigenvalue weighted by Crippen LogP contribution is -2.18. The van der Waals surface area contributed by atoms with E-state index in [1.54, 1.807) is 30.3 Å². The number of para-hydroxylation sites is 1. The molecule has 0 aliphatic heterocycles. The Morgan fingerprint density at radius 3 is 2.61 bits per heavy atom. The predicted molar refractivity (Wildman–Crippen MR) is 70.3 cm³/mol. The Bertz CT molecular complexity index is 533. The van der Waals surface area contributed by atoms with Crippen LogP contribution >= 0.6 is 11.6 Å². The molecule has 0 fully saturated rings. The Hall–Kier alpha value is -1.58. The van der Waals surface area contributed by atoms with Gasteiger partial charge in [-0.1, -0.05) is 35.9 Å². The van der Waals surface area contributed by atoms with Crippen LogP contribution in [0, 0.1) is 5.82 Å². The average molecular weight is 266 g/mol. The van der Waals surface area contributed by atoms with Gasteiger partial charge in [0.05, 0.1) is 0 Å². The summed E-state index contributed by atoms with van der Waals surface area (Å²) in [5, 5.41) is 0.600. The summed E-state index contributed by atoms with van der Waals surface area (Å²) < 4.78 is 19.1. The second-order valence-corrected chi connectivity index (χ2v) is 4.26. The number of benzene rings is 2. The summed E-state index contributed by atoms with van der Waals surface area (Å²) in [5.41, 5.74) is 6.49. The van der Waals surface area contributed by atoms with Gasteiger partial charge in [0.25, 0.3) is 0 Å². The highest BCUT2D eigenvalue weighted by molar-refractivity contribution is 6.30. The first-order chi connectivity index (χ1) is 8.70. The molecule has 0 saturated carbocycles. The highest BCUT2D eigenvalue weighted by Gasteiger charge is 2.13. The van der Waals surface area contributed by atoms with Gasteiger partial charge in [-0.15, -0.1) is 0 Å². The van der Waals surface area contributed by atoms with Crippen LogP contribution in [-0.2, 0) is 0 Å². The maximum absolute atomic E-state index is 13.5. The van der Waals surface area contributed by atoms with E-state index in [0.717, 1.165) is 5.56 Å². The van der Waals surface area contributed by atoms with Crippen LogP contribution in [0.5, 0.6) is 5.75 Å². The van der Waals surface area contributed by atoms with Gasteiger partial charge in [-0.05, 0) is 29.8 Å². The summed E-state index contributed by atoms with van der Waals surface area (Å²) in [5.74, 6) is -0.217. The Morgan fingerprint density at radius 2 is 1.94 bits per heavy atom. The third-order valence-corrected chi connectivity index (χ3v) is 2.78. The highest BCUT2D eigenvalue weighted by atomic mass is 35.5. The molecule has 0 heterocycles. The molecule has 0 aromatic heterocycles. The van der Waals surface area contributed by atoms with Crippen molar-refractivity contribution in [1.82, 2.24) is 0 Å². The number of rotatable bonds is 4. The Labute approximate surface area is 110 Å². The molecule has 2 aromatic carbocycles. The molecule has 18 heavy (non-hydrogen) atoms. The monoisotopic (exact) mass is 265 g/mol. The molecule has 2 nitrogen and oxygen atoms in total. The minimum Gasteiger partial charge on any atom is -0.481 e. The van der Waals surface area contributed by atoms with Crippen LogP contribution in [0.15, 0.2) is 48.5 Å². The van der Waals surface area contributed by atoms with Crippen molar-refractivity contribution in [1.29, 1.82) is 0 Å². The second kappa shape index (κ2) is 5.85. The summed E-state index contributed by atoms with van der Waals surface area (Å²) in [4.78, 5) is 0. The molecule has 0 saturated heterocycles. The van der Waals surface area contributed by atoms with Crippen LogP contribution in [0.3, 0.4) is 0 Å². The largest absolute Gasteiger partial charge is 0.481 e. The maximum atomic E-state index is 13.5. The topological polar surface area (TPSA) is 35.2 Å². The van der Waals surface area contributed by atoms with Crippen molar-refractivity contribution in [2.45, 2.75) is 6.10 Å². The zero-order chi connectivity index (χ0) is 13.0. The molecule has 0 radical (unpaired) electrons. The van der Waals surface area contributed by atoms with Crippen LogP contribution in [0.1, 0.15) is 11.7 Å². The van der Waals surface area contributed by atoms with E-state index in [9.17, 15) is 4.39 Å². The van der Waals surface area contributed by atoms with Crippen LogP contribution in [-0.4, -0.2) is 6.54 Å². The first-order valence-electron chi connectivity index (χ1n) is 5.57. The highest BCUT2D eigenvalue weighted by Crippen LogP contribution is 2.25. The van der Waals surface area contributed by atoms with Crippen LogP contribution in [0.25, 0.3) is 0 Å². The van der Waals surface area contributed by atoms with E-state index in [2.05, 4.69) is 0 Å². The molecule has 0 aliphatic carbocycles. The summed E-state index contributed by atoms with van der Waals surface area (Å²) in [6, 6.07) is 13.4. The Kier molecular flexibility index (Phi) is 4.18. The van der Waals surface area contributed by atoms with Crippen LogP contribution < -0.4 is 10.5 Å². The van der Waals surface area contributed by atoms with Crippen molar-refractivity contribution in [2.75, 3.05) is 6.54 Å². The van der Waals surface area contributed by atoms with Gasteiger partial charge in [0.1, 0.15) is 6.10 Å². The van der Waals surface area contributed by atoms with E-state index in [1.807, 2.05) is 12.1 Å². The molecule has 2 aromatic rings. The second-order valence-electron chi connectivity index (χ2n) is 3.83. The summed E-state index contributed by atoms with van der Waals surface area (Å²) in [6.07, 6.45) is -0.416. The van der Waals surface area contributed by atoms with Crippen molar-refractivity contribution in [3.63, 3.8) is 0 Å². The molecule has 0 bridgehead atoms. The van der Waals surface area contributed by atoms with Crippen molar-refractivity contribution in [3.8, 4) is 5.75 Å². The maximum Gasteiger partial charge on any atom is 0.165 e. The van der Waals surface area contributed by atoms with Crippen molar-refractivity contribution in [2.24, 2.45) is 5.73 Å². The smallest absolute Gasteiger partial charge is 0.165 e. The molecule has 1 atom stereocenters. The quantitative estimate of drug-likeness (QED) is 0.917. The predicted octanol–water partition coefficient (Wildman–Crippen LogP) is 3.56. The lowest BCUT2D eigenvalue weighted by atomic mass is 10.1. The minimum atomic E-state index is -0.416. The molecule has 0 aliphatic rings. The Morgan fingerprint density at radius 1 is 1.17 bits per heavy atom. The normalized spacial score (nSPS) is 12.2. The van der Waals surface area contributed by atoms with Gasteiger partial charge in [-0.2, -0.15) is 0 Å². The zero-order valence-electron chi connectivity index (χ0n) is 9.64. The van der Waals surface area contributed by atoms with Crippen LogP contribution in [0.2, 0.25) is 5.02 Å². The number of ether oxygens (including phenoxy) is 1. The summed E-state index contributed by atoms with van der Waals surface area (Å²) >= 11 is 5.91. The summed E-state index contributed by atoms with van der Waals surface area (Å²) in [6.45, 7) is 0.245. The standard InChI is InChI=1S/C14H13ClFNO/c15-11-5-3-4-10(8-11)14(9-17)18-13-7-2-1-6-12(13)16/h1-8,14H,9,17H2. The SMILES string of the molecule is NCC(Oc1ccccc1F)c1cccc(Cl)c1. The molecule has 1 unspecified atom stereocenters. The summed E-state index contributed by atoms with van der Waals surface area (Å²) in [7, 11) is 0. The van der Waals surface area contributed by atoms with Gasteiger partial charge >= 0.3 is 0 Å². The lowest BCUT2D eigenvalue weighted by molar-refractivity contribution is 0.204. The van der Waals surface area contributed by atoms with Gasteiger partial charge in [0, 0.05) is 11.6 Å². The molecular formula is C14H13ClFNO. The number of hydrogen-bond donors (Lipinski definition) is 1. The molecule has 94 valence electrons. The van der Waals surface area contributed by atoms with Gasteiger partial charge in [-0.3, -0.25) is 0 Å². The third-order valence-electron chi connectivity index (χ3n) is 2.54. The van der Waals surface area contributed by atoms with Gasteiger partial charge in [0.2, 0.25) is 0 Å².